The molecular weight excluding hydrogens is 280 g/mol. The molecule has 0 spiro atoms. The predicted octanol–water partition coefficient (Wildman–Crippen LogP) is -0.792. The third kappa shape index (κ3) is 2.00. The van der Waals surface area contributed by atoms with Gasteiger partial charge in [0.25, 0.3) is 0 Å². The molecule has 1 aliphatic heterocycles. The molecule has 31 valence electrons. The molecule has 0 bridgehead atoms. The third-order valence-corrected chi connectivity index (χ3v) is 3.90. The number of allylic oxidation sites excluding steroid dienone is 1. The van der Waals surface area contributed by atoms with Crippen LogP contribution in [0.25, 0.3) is 0 Å². The number of carbonyl (C=O) groups is 1. The van der Waals surface area contributed by atoms with Crippen LogP contribution in [-0.2, 0) is 4.79 Å². The molecule has 0 saturated heterocycles. The Hall–Kier alpha value is 0.761. The van der Waals surface area contributed by atoms with Crippen LogP contribution in [0, 0.1) is 0 Å². The van der Waals surface area contributed by atoms with Gasteiger partial charge in [0.2, 0.25) is 0 Å². The molecule has 0 aliphatic carbocycles. The van der Waals surface area contributed by atoms with Gasteiger partial charge in [0, 0.05) is 18.9 Å². The quantitative estimate of drug-likeness (QED) is 0.455. The Balaban J connectivity index is 0.000000360. The van der Waals surface area contributed by atoms with E-state index in [1.807, 2.05) is 6.08 Å². The Morgan fingerprint density at radius 2 is 2.29 bits per heavy atom. The molecule has 0 atom stereocenters. The first-order chi connectivity index (χ1) is 2.93. The standard InChI is InChI=1S/C4H3O.Bi.Li/c1-2-3-4-5;;/h1-2,4H;;. The van der Waals surface area contributed by atoms with Crippen LogP contribution >= 0.6 is 0 Å². The third-order valence-electron chi connectivity index (χ3n) is 0.590. The van der Waals surface area contributed by atoms with Gasteiger partial charge in [-0.1, -0.05) is 0 Å². The molecule has 1 heterocycles. The predicted molar refractivity (Wildman–Crippen MR) is 31.7 cm³/mol. The van der Waals surface area contributed by atoms with Crippen molar-refractivity contribution in [2.45, 2.75) is 0 Å². The molecule has 0 aromatic carbocycles. The smallest absolute Gasteiger partial charge is 0 e. The average Bonchev–Trinajstić information content (AvgIpc) is 1.31. The fourth-order valence-corrected chi connectivity index (χ4v) is 1.72. The van der Waals surface area contributed by atoms with Gasteiger partial charge in [-0.3, -0.25) is 0 Å². The SMILES string of the molecule is O=C[C]1=[Bi][CH]=C1.[Li]. The molecule has 0 aromatic heterocycles. The van der Waals surface area contributed by atoms with Crippen molar-refractivity contribution < 1.29 is 4.79 Å². The minimum Gasteiger partial charge on any atom is 0 e. The summed E-state index contributed by atoms with van der Waals surface area (Å²) in [5.41, 5.74) is 0. The van der Waals surface area contributed by atoms with Crippen LogP contribution in [0.4, 0.5) is 0 Å². The van der Waals surface area contributed by atoms with Crippen molar-refractivity contribution in [3.8, 4) is 0 Å². The summed E-state index contributed by atoms with van der Waals surface area (Å²) in [5, 5.41) is 0. The fourth-order valence-electron chi connectivity index (χ4n) is 0.230. The van der Waals surface area contributed by atoms with Crippen molar-refractivity contribution in [2.24, 2.45) is 0 Å². The second-order valence-electron chi connectivity index (χ2n) is 0.988. The molecule has 0 unspecified atom stereocenters. The van der Waals surface area contributed by atoms with Gasteiger partial charge < -0.3 is 0 Å². The second kappa shape index (κ2) is 3.72. The van der Waals surface area contributed by atoms with Crippen molar-refractivity contribution in [3.05, 3.63) is 9.86 Å². The van der Waals surface area contributed by atoms with Gasteiger partial charge in [0.15, 0.2) is 0 Å². The van der Waals surface area contributed by atoms with Crippen LogP contribution in [0.5, 0.6) is 0 Å². The maximum Gasteiger partial charge on any atom is 0 e. The first-order valence-corrected chi connectivity index (χ1v) is 5.37. The van der Waals surface area contributed by atoms with E-state index in [1.54, 1.807) is 0 Å². The Bertz CT molecular complexity index is 124. The molecule has 7 heavy (non-hydrogen) atoms. The van der Waals surface area contributed by atoms with Gasteiger partial charge >= 0.3 is 46.9 Å². The topological polar surface area (TPSA) is 17.1 Å². The Morgan fingerprint density at radius 1 is 1.71 bits per heavy atom. The van der Waals surface area contributed by atoms with Gasteiger partial charge in [-0.2, -0.15) is 0 Å². The normalized spacial score (nSPS) is 13.4. The van der Waals surface area contributed by atoms with Crippen molar-refractivity contribution in [2.75, 3.05) is 0 Å². The second-order valence-corrected chi connectivity index (χ2v) is 5.16. The fraction of sp³-hybridized carbons (Fsp3) is 0. The molecule has 1 nitrogen and oxygen atoms in total. The molecule has 0 fully saturated rings. The summed E-state index contributed by atoms with van der Waals surface area (Å²) < 4.78 is 3.24. The zero-order chi connectivity index (χ0) is 4.41. The molecule has 0 amide bonds. The summed E-state index contributed by atoms with van der Waals surface area (Å²) >= 11 is -0.410. The summed E-state index contributed by atoms with van der Waals surface area (Å²) in [7, 11) is 0. The first kappa shape index (κ1) is 7.76. The van der Waals surface area contributed by atoms with E-state index in [0.717, 1.165) is 9.49 Å². The Kier molecular flexibility index (Phi) is 4.13. The van der Waals surface area contributed by atoms with Crippen LogP contribution in [0.15, 0.2) is 9.86 Å². The number of carbonyl (C=O) groups excluding carboxylic acids is 1. The van der Waals surface area contributed by atoms with Gasteiger partial charge in [0.05, 0.1) is 0 Å². The van der Waals surface area contributed by atoms with Crippen molar-refractivity contribution in [1.82, 2.24) is 0 Å². The number of rotatable bonds is 1. The minimum atomic E-state index is -0.410. The average molecular weight is 283 g/mol. The molecule has 1 radical (unpaired) electrons. The molecular formula is C4H3BiLiO. The van der Waals surface area contributed by atoms with Crippen LogP contribution in [0.3, 0.4) is 0 Å². The zero-order valence-corrected chi connectivity index (χ0v) is 7.56. The molecule has 0 aromatic rings. The van der Waals surface area contributed by atoms with E-state index in [-0.39, 0.29) is 18.9 Å². The number of hydrogen-bond donors (Lipinski definition) is 0. The van der Waals surface area contributed by atoms with Crippen LogP contribution in [0.1, 0.15) is 0 Å². The van der Waals surface area contributed by atoms with Crippen LogP contribution in [-0.4, -0.2) is 51.1 Å². The maximum absolute atomic E-state index is 9.74. The van der Waals surface area contributed by atoms with Crippen molar-refractivity contribution in [3.63, 3.8) is 0 Å². The summed E-state index contributed by atoms with van der Waals surface area (Å²) in [6.07, 6.45) is 2.88. The molecule has 0 saturated carbocycles. The number of hydrogen-bond acceptors (Lipinski definition) is 1. The van der Waals surface area contributed by atoms with Crippen molar-refractivity contribution in [1.29, 1.82) is 0 Å². The summed E-state index contributed by atoms with van der Waals surface area (Å²) in [4.78, 5) is 9.74. The monoisotopic (exact) mass is 283 g/mol. The zero-order valence-electron chi connectivity index (χ0n) is 4.09. The van der Waals surface area contributed by atoms with E-state index >= 15 is 0 Å². The van der Waals surface area contributed by atoms with E-state index in [2.05, 4.69) is 3.78 Å². The number of aldehydes is 1. The van der Waals surface area contributed by atoms with Crippen molar-refractivity contribution >= 4 is 51.1 Å². The Morgan fingerprint density at radius 3 is 2.29 bits per heavy atom. The summed E-state index contributed by atoms with van der Waals surface area (Å²) in [6, 6.07) is 0. The van der Waals surface area contributed by atoms with E-state index in [4.69, 9.17) is 0 Å². The molecule has 1 aliphatic rings. The van der Waals surface area contributed by atoms with E-state index < -0.39 is 22.8 Å². The summed E-state index contributed by atoms with van der Waals surface area (Å²) in [5.74, 6) is 0. The maximum atomic E-state index is 9.74. The first-order valence-electron chi connectivity index (χ1n) is 1.63. The molecule has 3 heteroatoms. The largest absolute Gasteiger partial charge is 0 e. The minimum absolute atomic E-state index is 0. The Labute approximate surface area is 65.4 Å². The van der Waals surface area contributed by atoms with Crippen LogP contribution < -0.4 is 0 Å². The van der Waals surface area contributed by atoms with E-state index in [0.29, 0.717) is 0 Å². The van der Waals surface area contributed by atoms with Gasteiger partial charge in [-0.25, -0.2) is 0 Å². The molecule has 0 N–H and O–H groups in total. The van der Waals surface area contributed by atoms with E-state index in [1.165, 1.54) is 0 Å². The van der Waals surface area contributed by atoms with Gasteiger partial charge in [-0.15, -0.1) is 0 Å². The van der Waals surface area contributed by atoms with Gasteiger partial charge in [0.1, 0.15) is 0 Å². The van der Waals surface area contributed by atoms with Gasteiger partial charge in [-0.05, 0) is 0 Å². The van der Waals surface area contributed by atoms with E-state index in [9.17, 15) is 4.79 Å². The molecule has 1 rings (SSSR count). The summed E-state index contributed by atoms with van der Waals surface area (Å²) in [6.45, 7) is 0. The van der Waals surface area contributed by atoms with Crippen LogP contribution in [0.2, 0.25) is 0 Å².